The maximum Gasteiger partial charge on any atom is 0.328 e. The first-order valence-corrected chi connectivity index (χ1v) is 9.24. The molecule has 3 heteroatoms. The van der Waals surface area contributed by atoms with Gasteiger partial charge in [-0.2, -0.15) is 0 Å². The van der Waals surface area contributed by atoms with Gasteiger partial charge in [0.15, 0.2) is 0 Å². The zero-order chi connectivity index (χ0) is 17.7. The van der Waals surface area contributed by atoms with Crippen LogP contribution >= 0.6 is 0 Å². The predicted molar refractivity (Wildman–Crippen MR) is 102 cm³/mol. The highest BCUT2D eigenvalue weighted by Gasteiger charge is 1.91. The molecule has 0 atom stereocenters. The van der Waals surface area contributed by atoms with Gasteiger partial charge < -0.3 is 9.84 Å². The summed E-state index contributed by atoms with van der Waals surface area (Å²) in [5.41, 5.74) is 0. The third-order valence-corrected chi connectivity index (χ3v) is 3.48. The third kappa shape index (κ3) is 20.4. The Morgan fingerprint density at radius 1 is 0.792 bits per heavy atom. The first-order chi connectivity index (χ1) is 11.8. The van der Waals surface area contributed by atoms with Crippen molar-refractivity contribution in [2.24, 2.45) is 0 Å². The number of hydrogen-bond donors (Lipinski definition) is 1. The van der Waals surface area contributed by atoms with E-state index >= 15 is 0 Å². The van der Waals surface area contributed by atoms with Gasteiger partial charge in [0.2, 0.25) is 0 Å². The second kappa shape index (κ2) is 19.4. The lowest BCUT2D eigenvalue weighted by Gasteiger charge is -2.03. The average molecular weight is 334 g/mol. The molecule has 0 unspecified atom stereocenters. The Morgan fingerprint density at radius 3 is 2.04 bits per heavy atom. The second-order valence-electron chi connectivity index (χ2n) is 5.77. The Kier molecular flexibility index (Phi) is 18.1. The molecule has 24 heavy (non-hydrogen) atoms. The molecule has 0 rings (SSSR count). The van der Waals surface area contributed by atoms with E-state index in [-0.39, 0.29) is 0 Å². The van der Waals surface area contributed by atoms with Crippen molar-refractivity contribution < 1.29 is 14.6 Å². The van der Waals surface area contributed by atoms with Crippen molar-refractivity contribution in [2.75, 3.05) is 13.2 Å². The molecule has 0 saturated carbocycles. The molecule has 0 aliphatic heterocycles. The van der Waals surface area contributed by atoms with Crippen LogP contribution in [0.4, 0.5) is 0 Å². The third-order valence-electron chi connectivity index (χ3n) is 3.48. The van der Waals surface area contributed by atoms with E-state index in [2.05, 4.69) is 13.0 Å². The van der Waals surface area contributed by atoms with E-state index < -0.39 is 5.97 Å². The molecular weight excluding hydrogens is 300 g/mol. The molecule has 0 aliphatic carbocycles. The van der Waals surface area contributed by atoms with Gasteiger partial charge in [0.1, 0.15) is 0 Å². The smallest absolute Gasteiger partial charge is 0.328 e. The van der Waals surface area contributed by atoms with E-state index in [1.54, 1.807) is 6.08 Å². The Balaban J connectivity index is 3.30. The van der Waals surface area contributed by atoms with Crippen LogP contribution in [0.1, 0.15) is 64.7 Å². The standard InChI is InChI=1S/C21H34O3/c1-2-3-4-13-16-19-24-20-17-14-11-9-7-5-6-8-10-12-15-18-21(22)23/h5-8,10,12,15,18H,2-4,9,11,13-14,16-17,19-20H2,1H3,(H,22,23). The van der Waals surface area contributed by atoms with Crippen LogP contribution in [0.3, 0.4) is 0 Å². The SMILES string of the molecule is CCCCCCCOCCCCCC=CC=CC=CC=CC(=O)O. The first kappa shape index (κ1) is 22.4. The van der Waals surface area contributed by atoms with Gasteiger partial charge in [-0.15, -0.1) is 0 Å². The number of hydrogen-bond acceptors (Lipinski definition) is 2. The summed E-state index contributed by atoms with van der Waals surface area (Å²) in [4.78, 5) is 10.2. The number of ether oxygens (including phenoxy) is 1. The number of unbranched alkanes of at least 4 members (excludes halogenated alkanes) is 7. The van der Waals surface area contributed by atoms with E-state index in [9.17, 15) is 4.79 Å². The van der Waals surface area contributed by atoms with Crippen molar-refractivity contribution >= 4 is 5.97 Å². The van der Waals surface area contributed by atoms with Crippen LogP contribution < -0.4 is 0 Å². The molecule has 0 bridgehead atoms. The topological polar surface area (TPSA) is 46.5 Å². The summed E-state index contributed by atoms with van der Waals surface area (Å²) in [7, 11) is 0. The van der Waals surface area contributed by atoms with E-state index in [1.807, 2.05) is 24.3 Å². The fraction of sp³-hybridized carbons (Fsp3) is 0.571. The van der Waals surface area contributed by atoms with Crippen LogP contribution in [-0.4, -0.2) is 24.3 Å². The number of carbonyl (C=O) groups is 1. The van der Waals surface area contributed by atoms with E-state index in [0.29, 0.717) is 0 Å². The van der Waals surface area contributed by atoms with Gasteiger partial charge in [-0.1, -0.05) is 81.6 Å². The van der Waals surface area contributed by atoms with E-state index in [4.69, 9.17) is 9.84 Å². The van der Waals surface area contributed by atoms with E-state index in [1.165, 1.54) is 51.0 Å². The average Bonchev–Trinajstić information content (AvgIpc) is 2.56. The normalized spacial score (nSPS) is 12.4. The van der Waals surface area contributed by atoms with Gasteiger partial charge in [0, 0.05) is 19.3 Å². The number of allylic oxidation sites excluding steroid dienone is 7. The summed E-state index contributed by atoms with van der Waals surface area (Å²) in [5.74, 6) is -0.930. The molecule has 0 radical (unpaired) electrons. The predicted octanol–water partition coefficient (Wildman–Crippen LogP) is 5.84. The molecule has 0 aromatic heterocycles. The molecule has 136 valence electrons. The number of aliphatic carboxylic acids is 1. The Hall–Kier alpha value is -1.61. The van der Waals surface area contributed by atoms with Gasteiger partial charge in [-0.05, 0) is 25.7 Å². The molecule has 0 heterocycles. The van der Waals surface area contributed by atoms with Crippen molar-refractivity contribution in [2.45, 2.75) is 64.7 Å². The lowest BCUT2D eigenvalue weighted by Crippen LogP contribution is -1.97. The molecule has 0 aliphatic rings. The van der Waals surface area contributed by atoms with Gasteiger partial charge in [-0.3, -0.25) is 0 Å². The van der Waals surface area contributed by atoms with Crippen LogP contribution in [-0.2, 0) is 9.53 Å². The molecule has 0 spiro atoms. The van der Waals surface area contributed by atoms with Gasteiger partial charge in [0.25, 0.3) is 0 Å². The van der Waals surface area contributed by atoms with Crippen molar-refractivity contribution in [3.63, 3.8) is 0 Å². The fourth-order valence-electron chi connectivity index (χ4n) is 2.12. The summed E-state index contributed by atoms with van der Waals surface area (Å²) >= 11 is 0. The van der Waals surface area contributed by atoms with Crippen LogP contribution in [0.5, 0.6) is 0 Å². The van der Waals surface area contributed by atoms with Crippen LogP contribution in [0.2, 0.25) is 0 Å². The zero-order valence-electron chi connectivity index (χ0n) is 15.2. The van der Waals surface area contributed by atoms with Crippen molar-refractivity contribution in [3.05, 3.63) is 48.6 Å². The monoisotopic (exact) mass is 334 g/mol. The van der Waals surface area contributed by atoms with Crippen LogP contribution in [0.25, 0.3) is 0 Å². The van der Waals surface area contributed by atoms with Crippen LogP contribution in [0, 0.1) is 0 Å². The summed E-state index contributed by atoms with van der Waals surface area (Å²) < 4.78 is 5.64. The van der Waals surface area contributed by atoms with Crippen LogP contribution in [0.15, 0.2) is 48.6 Å². The maximum atomic E-state index is 10.2. The number of rotatable bonds is 16. The molecule has 0 fully saturated rings. The summed E-state index contributed by atoms with van der Waals surface area (Å²) in [6.07, 6.45) is 25.3. The zero-order valence-corrected chi connectivity index (χ0v) is 15.2. The quantitative estimate of drug-likeness (QED) is 0.219. The summed E-state index contributed by atoms with van der Waals surface area (Å²) in [6, 6.07) is 0. The van der Waals surface area contributed by atoms with Gasteiger partial charge in [0.05, 0.1) is 0 Å². The van der Waals surface area contributed by atoms with Crippen molar-refractivity contribution in [1.29, 1.82) is 0 Å². The highest BCUT2D eigenvalue weighted by atomic mass is 16.5. The maximum absolute atomic E-state index is 10.2. The second-order valence-corrected chi connectivity index (χ2v) is 5.77. The Bertz CT molecular complexity index is 392. The molecule has 0 saturated heterocycles. The molecule has 0 amide bonds. The van der Waals surface area contributed by atoms with Crippen molar-refractivity contribution in [1.82, 2.24) is 0 Å². The minimum atomic E-state index is -0.930. The first-order valence-electron chi connectivity index (χ1n) is 9.24. The minimum Gasteiger partial charge on any atom is -0.478 e. The summed E-state index contributed by atoms with van der Waals surface area (Å²) in [5, 5.41) is 8.40. The number of carboxylic acids is 1. The largest absolute Gasteiger partial charge is 0.478 e. The Labute approximate surface area is 147 Å². The molecule has 0 aromatic carbocycles. The Morgan fingerprint density at radius 2 is 1.38 bits per heavy atom. The highest BCUT2D eigenvalue weighted by molar-refractivity contribution is 5.80. The molecule has 0 aromatic rings. The summed E-state index contributed by atoms with van der Waals surface area (Å²) in [6.45, 7) is 4.05. The lowest BCUT2D eigenvalue weighted by atomic mass is 10.2. The minimum absolute atomic E-state index is 0.895. The van der Waals surface area contributed by atoms with E-state index in [0.717, 1.165) is 32.1 Å². The number of carboxylic acid groups (broad SMARTS) is 1. The lowest BCUT2D eigenvalue weighted by molar-refractivity contribution is -0.131. The van der Waals surface area contributed by atoms with Crippen molar-refractivity contribution in [3.8, 4) is 0 Å². The highest BCUT2D eigenvalue weighted by Crippen LogP contribution is 2.04. The fourth-order valence-corrected chi connectivity index (χ4v) is 2.12. The van der Waals surface area contributed by atoms with Gasteiger partial charge in [-0.25, -0.2) is 4.79 Å². The van der Waals surface area contributed by atoms with Gasteiger partial charge >= 0.3 is 5.97 Å². The molecular formula is C21H34O3. The molecule has 3 nitrogen and oxygen atoms in total. The molecule has 1 N–H and O–H groups in total.